The second-order valence-corrected chi connectivity index (χ2v) is 8.09. The fourth-order valence-electron chi connectivity index (χ4n) is 4.62. The van der Waals surface area contributed by atoms with Crippen LogP contribution in [0.3, 0.4) is 0 Å². The van der Waals surface area contributed by atoms with Crippen molar-refractivity contribution in [1.82, 2.24) is 9.55 Å². The fraction of sp³-hybridized carbons (Fsp3) is 0.179. The summed E-state index contributed by atoms with van der Waals surface area (Å²) in [5.74, 6) is 0.478. The topological polar surface area (TPSA) is 56.5 Å². The summed E-state index contributed by atoms with van der Waals surface area (Å²) in [6.07, 6.45) is 0.779. The maximum Gasteiger partial charge on any atom is 0.337 e. The van der Waals surface area contributed by atoms with Crippen LogP contribution in [0.5, 0.6) is 0 Å². The monoisotopic (exact) mass is 435 g/mol. The molecular weight excluding hydrogens is 410 g/mol. The molecule has 2 heterocycles. The predicted molar refractivity (Wildman–Crippen MR) is 130 cm³/mol. The zero-order chi connectivity index (χ0) is 22.9. The van der Waals surface area contributed by atoms with Crippen molar-refractivity contribution in [2.45, 2.75) is 26.2 Å². The number of rotatable bonds is 4. The van der Waals surface area contributed by atoms with Gasteiger partial charge in [-0.3, -0.25) is 4.57 Å². The second kappa shape index (κ2) is 8.51. The van der Waals surface area contributed by atoms with Gasteiger partial charge in [-0.1, -0.05) is 67.6 Å². The predicted octanol–water partition coefficient (Wildman–Crippen LogP) is 5.80. The number of imidazole rings is 1. The van der Waals surface area contributed by atoms with E-state index in [1.807, 2.05) is 36.4 Å². The Bertz CT molecular complexity index is 1350. The lowest BCUT2D eigenvalue weighted by Gasteiger charge is -2.21. The van der Waals surface area contributed by atoms with Crippen LogP contribution in [0.1, 0.15) is 51.5 Å². The number of esters is 1. The van der Waals surface area contributed by atoms with Crippen molar-refractivity contribution in [1.29, 1.82) is 0 Å². The van der Waals surface area contributed by atoms with E-state index in [0.717, 1.165) is 51.8 Å². The number of carbonyl (C=O) groups excluding carboxylic acids is 1. The first kappa shape index (κ1) is 20.9. The minimum Gasteiger partial charge on any atom is -0.465 e. The summed E-state index contributed by atoms with van der Waals surface area (Å²) in [6.45, 7) is 4.18. The van der Waals surface area contributed by atoms with Crippen LogP contribution < -0.4 is 0 Å². The van der Waals surface area contributed by atoms with Gasteiger partial charge in [0.1, 0.15) is 5.82 Å². The van der Waals surface area contributed by atoms with Crippen LogP contribution in [-0.2, 0) is 11.2 Å². The Hall–Kier alpha value is -3.99. The highest BCUT2D eigenvalue weighted by molar-refractivity contribution is 6.09. The number of aryl methyl sites for hydroxylation is 2. The van der Waals surface area contributed by atoms with E-state index in [0.29, 0.717) is 5.56 Å². The lowest BCUT2D eigenvalue weighted by atomic mass is 9.86. The fourth-order valence-corrected chi connectivity index (χ4v) is 4.62. The number of carbonyl (C=O) groups is 1. The number of hydrogen-bond donors (Lipinski definition) is 0. The summed E-state index contributed by atoms with van der Waals surface area (Å²) < 4.78 is 7.20. The first-order valence-electron chi connectivity index (χ1n) is 11.1. The summed E-state index contributed by atoms with van der Waals surface area (Å²) in [5.41, 5.74) is 7.31. The summed E-state index contributed by atoms with van der Waals surface area (Å²) in [7, 11) is 1.39. The highest BCUT2D eigenvalue weighted by Gasteiger charge is 2.33. The van der Waals surface area contributed by atoms with Gasteiger partial charge in [0.25, 0.3) is 0 Å². The first-order valence-corrected chi connectivity index (χ1v) is 11.1. The third kappa shape index (κ3) is 3.55. The smallest absolute Gasteiger partial charge is 0.337 e. The van der Waals surface area contributed by atoms with Crippen LogP contribution in [0.15, 0.2) is 83.9 Å². The van der Waals surface area contributed by atoms with Gasteiger partial charge in [0.15, 0.2) is 0 Å². The Morgan fingerprint density at radius 1 is 1.00 bits per heavy atom. The summed E-state index contributed by atoms with van der Waals surface area (Å²) in [5, 5.41) is 0. The molecule has 1 aliphatic heterocycles. The third-order valence-corrected chi connectivity index (χ3v) is 6.11. The zero-order valence-electron chi connectivity index (χ0n) is 18.9. The Morgan fingerprint density at radius 2 is 1.70 bits per heavy atom. The van der Waals surface area contributed by atoms with Crippen LogP contribution in [0.4, 0.5) is 5.69 Å². The van der Waals surface area contributed by atoms with Gasteiger partial charge in [-0.2, -0.15) is 0 Å². The SMILES string of the molecule is CCc1nc(C)c2n1-c1ccc(C(=O)OC)cc1N=C(c1ccccc1)C2c1ccccc1. The molecular formula is C28H25N3O2. The first-order chi connectivity index (χ1) is 16.1. The minimum absolute atomic E-state index is 0.115. The van der Waals surface area contributed by atoms with Gasteiger partial charge in [-0.05, 0) is 36.2 Å². The molecule has 5 nitrogen and oxygen atoms in total. The number of fused-ring (bicyclic) bond motifs is 3. The van der Waals surface area contributed by atoms with Crippen molar-refractivity contribution in [3.63, 3.8) is 0 Å². The van der Waals surface area contributed by atoms with Crippen molar-refractivity contribution in [3.05, 3.63) is 113 Å². The van der Waals surface area contributed by atoms with E-state index in [1.165, 1.54) is 7.11 Å². The average molecular weight is 436 g/mol. The Balaban J connectivity index is 1.89. The van der Waals surface area contributed by atoms with Crippen molar-refractivity contribution in [3.8, 4) is 5.69 Å². The van der Waals surface area contributed by atoms with E-state index in [4.69, 9.17) is 14.7 Å². The summed E-state index contributed by atoms with van der Waals surface area (Å²) in [4.78, 5) is 22.5. The molecule has 0 bridgehead atoms. The van der Waals surface area contributed by atoms with Gasteiger partial charge in [-0.15, -0.1) is 0 Å². The molecule has 0 spiro atoms. The van der Waals surface area contributed by atoms with E-state index >= 15 is 0 Å². The third-order valence-electron chi connectivity index (χ3n) is 6.11. The largest absolute Gasteiger partial charge is 0.465 e. The molecule has 1 unspecified atom stereocenters. The normalized spacial score (nSPS) is 14.6. The van der Waals surface area contributed by atoms with E-state index in [-0.39, 0.29) is 11.9 Å². The van der Waals surface area contributed by atoms with Crippen LogP contribution in [0.2, 0.25) is 0 Å². The van der Waals surface area contributed by atoms with Crippen LogP contribution in [0.25, 0.3) is 5.69 Å². The molecule has 5 rings (SSSR count). The van der Waals surface area contributed by atoms with Crippen LogP contribution in [-0.4, -0.2) is 28.3 Å². The van der Waals surface area contributed by atoms with Gasteiger partial charge in [0, 0.05) is 6.42 Å². The minimum atomic E-state index is -0.379. The molecule has 1 aromatic heterocycles. The number of aliphatic imine (C=N–C) groups is 1. The van der Waals surface area contributed by atoms with Crippen molar-refractivity contribution in [2.75, 3.05) is 7.11 Å². The van der Waals surface area contributed by atoms with Crippen molar-refractivity contribution >= 4 is 17.4 Å². The van der Waals surface area contributed by atoms with Crippen LogP contribution >= 0.6 is 0 Å². The highest BCUT2D eigenvalue weighted by Crippen LogP contribution is 2.41. The number of aromatic nitrogens is 2. The van der Waals surface area contributed by atoms with Gasteiger partial charge >= 0.3 is 5.97 Å². The molecule has 0 N–H and O–H groups in total. The standard InChI is InChI=1S/C28H25N3O2/c1-4-24-29-18(2)27-25(19-11-7-5-8-12-19)26(20-13-9-6-10-14-20)30-22-17-21(28(32)33-3)15-16-23(22)31(24)27/h5-17,25H,4H2,1-3H3. The molecule has 3 aromatic carbocycles. The van der Waals surface area contributed by atoms with Gasteiger partial charge in [-0.25, -0.2) is 14.8 Å². The quantitative estimate of drug-likeness (QED) is 0.381. The Kier molecular flexibility index (Phi) is 5.38. The molecule has 0 saturated carbocycles. The number of methoxy groups -OCH3 is 1. The number of hydrogen-bond acceptors (Lipinski definition) is 4. The summed E-state index contributed by atoms with van der Waals surface area (Å²) in [6, 6.07) is 26.2. The van der Waals surface area contributed by atoms with Crippen molar-refractivity contribution in [2.24, 2.45) is 4.99 Å². The average Bonchev–Trinajstić information content (AvgIpc) is 3.11. The van der Waals surface area contributed by atoms with Gasteiger partial charge in [0.2, 0.25) is 0 Å². The maximum atomic E-state index is 12.3. The maximum absolute atomic E-state index is 12.3. The number of ether oxygens (including phenoxy) is 1. The molecule has 1 aliphatic rings. The molecule has 1 atom stereocenters. The van der Waals surface area contributed by atoms with E-state index < -0.39 is 0 Å². The number of benzene rings is 3. The molecule has 0 saturated heterocycles. The molecule has 0 radical (unpaired) electrons. The van der Waals surface area contributed by atoms with Gasteiger partial charge < -0.3 is 4.74 Å². The molecule has 0 fully saturated rings. The molecule has 33 heavy (non-hydrogen) atoms. The van der Waals surface area contributed by atoms with E-state index in [1.54, 1.807) is 6.07 Å². The Morgan fingerprint density at radius 3 is 2.36 bits per heavy atom. The summed E-state index contributed by atoms with van der Waals surface area (Å²) >= 11 is 0. The molecule has 0 aliphatic carbocycles. The lowest BCUT2D eigenvalue weighted by molar-refractivity contribution is 0.0601. The lowest BCUT2D eigenvalue weighted by Crippen LogP contribution is -2.18. The molecule has 4 aromatic rings. The zero-order valence-corrected chi connectivity index (χ0v) is 18.9. The van der Waals surface area contributed by atoms with Crippen molar-refractivity contribution < 1.29 is 9.53 Å². The van der Waals surface area contributed by atoms with E-state index in [2.05, 4.69) is 54.8 Å². The second-order valence-electron chi connectivity index (χ2n) is 8.09. The van der Waals surface area contributed by atoms with E-state index in [9.17, 15) is 4.79 Å². The molecule has 5 heteroatoms. The van der Waals surface area contributed by atoms with Crippen LogP contribution in [0, 0.1) is 6.92 Å². The highest BCUT2D eigenvalue weighted by atomic mass is 16.5. The Labute approximate surface area is 193 Å². The molecule has 0 amide bonds. The molecule has 164 valence electrons. The van der Waals surface area contributed by atoms with Gasteiger partial charge in [0.05, 0.1) is 47.1 Å². The number of nitrogens with zero attached hydrogens (tertiary/aromatic N) is 3.